The number of benzene rings is 2. The Morgan fingerprint density at radius 3 is 2.63 bits per heavy atom. The number of ether oxygens (including phenoxy) is 1. The Morgan fingerprint density at radius 1 is 1.19 bits per heavy atom. The minimum Gasteiger partial charge on any atom is -0.496 e. The molecule has 0 bridgehead atoms. The van der Waals surface area contributed by atoms with E-state index in [2.05, 4.69) is 15.5 Å². The zero-order valence-electron chi connectivity index (χ0n) is 14.9. The molecule has 5 nitrogen and oxygen atoms in total. The third kappa shape index (κ3) is 4.93. The van der Waals surface area contributed by atoms with Gasteiger partial charge in [0.2, 0.25) is 5.01 Å². The summed E-state index contributed by atoms with van der Waals surface area (Å²) in [6, 6.07) is 15.4. The molecule has 3 aromatic rings. The van der Waals surface area contributed by atoms with E-state index in [1.165, 1.54) is 0 Å². The van der Waals surface area contributed by atoms with E-state index >= 15 is 0 Å². The fraction of sp³-hybridized carbons (Fsp3) is 0.150. The molecule has 138 valence electrons. The van der Waals surface area contributed by atoms with Crippen molar-refractivity contribution in [2.24, 2.45) is 0 Å². The summed E-state index contributed by atoms with van der Waals surface area (Å²) >= 11 is 7.52. The molecule has 0 fully saturated rings. The van der Waals surface area contributed by atoms with Crippen molar-refractivity contribution in [3.8, 4) is 5.75 Å². The summed E-state index contributed by atoms with van der Waals surface area (Å²) in [6.45, 7) is 2.40. The van der Waals surface area contributed by atoms with Gasteiger partial charge in [0, 0.05) is 6.54 Å². The minimum absolute atomic E-state index is 0.271. The van der Waals surface area contributed by atoms with Crippen LogP contribution in [0.2, 0.25) is 0 Å². The van der Waals surface area contributed by atoms with Crippen molar-refractivity contribution in [3.05, 3.63) is 75.2 Å². The first-order valence-corrected chi connectivity index (χ1v) is 9.44. The Balaban J connectivity index is 1.68. The highest BCUT2D eigenvalue weighted by Gasteiger charge is 2.14. The average molecular weight is 400 g/mol. The van der Waals surface area contributed by atoms with Crippen LogP contribution in [0.15, 0.2) is 48.5 Å². The summed E-state index contributed by atoms with van der Waals surface area (Å²) in [7, 11) is 1.64. The topological polar surface area (TPSA) is 64.1 Å². The van der Waals surface area contributed by atoms with Gasteiger partial charge in [-0.15, -0.1) is 10.2 Å². The summed E-state index contributed by atoms with van der Waals surface area (Å²) in [6.07, 6.45) is 1.79. The van der Waals surface area contributed by atoms with Crippen molar-refractivity contribution in [3.63, 3.8) is 0 Å². The lowest BCUT2D eigenvalue weighted by Crippen LogP contribution is -2.22. The van der Waals surface area contributed by atoms with Crippen molar-refractivity contribution >= 4 is 40.0 Å². The average Bonchev–Trinajstić information content (AvgIpc) is 3.17. The van der Waals surface area contributed by atoms with Crippen molar-refractivity contribution in [1.82, 2.24) is 15.5 Å². The molecule has 0 saturated carbocycles. The number of carbonyl (C=O) groups is 1. The standard InChI is InChI=1S/C20H18ClN3O2S/c1-13-10-15(8-9-17(13)26-2)11-16(21)19-23-24-20(27-19)18(25)22-12-14-6-4-3-5-7-14/h3-11H,12H2,1-2H3,(H,22,25)/b16-11-. The van der Waals surface area contributed by atoms with Crippen LogP contribution in [0.3, 0.4) is 0 Å². The third-order valence-electron chi connectivity index (χ3n) is 3.83. The number of amides is 1. The Hall–Kier alpha value is -2.70. The van der Waals surface area contributed by atoms with Crippen molar-refractivity contribution in [2.45, 2.75) is 13.5 Å². The molecule has 0 unspecified atom stereocenters. The Morgan fingerprint density at radius 2 is 1.93 bits per heavy atom. The molecule has 7 heteroatoms. The smallest absolute Gasteiger partial charge is 0.282 e. The lowest BCUT2D eigenvalue weighted by Gasteiger charge is -2.05. The van der Waals surface area contributed by atoms with Crippen LogP contribution in [-0.2, 0) is 6.54 Å². The zero-order valence-corrected chi connectivity index (χ0v) is 16.5. The van der Waals surface area contributed by atoms with Gasteiger partial charge in [-0.05, 0) is 41.8 Å². The highest BCUT2D eigenvalue weighted by molar-refractivity contribution is 7.15. The molecule has 0 spiro atoms. The molecule has 0 radical (unpaired) electrons. The SMILES string of the molecule is COc1ccc(/C=C(\Cl)c2nnc(C(=O)NCc3ccccc3)s2)cc1C. The van der Waals surface area contributed by atoms with Gasteiger partial charge < -0.3 is 10.1 Å². The first kappa shape index (κ1) is 19.1. The minimum atomic E-state index is -0.271. The molecular formula is C20H18ClN3O2S. The molecule has 1 amide bonds. The maximum absolute atomic E-state index is 12.2. The van der Waals surface area contributed by atoms with E-state index in [0.717, 1.165) is 33.8 Å². The maximum Gasteiger partial charge on any atom is 0.282 e. The second-order valence-electron chi connectivity index (χ2n) is 5.80. The van der Waals surface area contributed by atoms with Crippen LogP contribution in [0.5, 0.6) is 5.75 Å². The Labute approximate surface area is 166 Å². The quantitative estimate of drug-likeness (QED) is 0.661. The molecule has 0 saturated heterocycles. The van der Waals surface area contributed by atoms with Crippen LogP contribution in [0.4, 0.5) is 0 Å². The van der Waals surface area contributed by atoms with Crippen LogP contribution in [0.25, 0.3) is 11.1 Å². The maximum atomic E-state index is 12.2. The molecule has 0 aliphatic rings. The van der Waals surface area contributed by atoms with Crippen LogP contribution in [0, 0.1) is 6.92 Å². The highest BCUT2D eigenvalue weighted by atomic mass is 35.5. The van der Waals surface area contributed by atoms with E-state index in [0.29, 0.717) is 16.6 Å². The predicted octanol–water partition coefficient (Wildman–Crippen LogP) is 4.52. The Bertz CT molecular complexity index is 970. The Kier molecular flexibility index (Phi) is 6.21. The van der Waals surface area contributed by atoms with Gasteiger partial charge in [-0.3, -0.25) is 4.79 Å². The number of halogens is 1. The number of rotatable bonds is 6. The molecule has 0 aliphatic heterocycles. The summed E-state index contributed by atoms with van der Waals surface area (Å²) in [5.74, 6) is 0.545. The van der Waals surface area contributed by atoms with Gasteiger partial charge in [-0.1, -0.05) is 59.3 Å². The fourth-order valence-corrected chi connectivity index (χ4v) is 3.41. The van der Waals surface area contributed by atoms with E-state index in [9.17, 15) is 4.79 Å². The summed E-state index contributed by atoms with van der Waals surface area (Å²) in [5.41, 5.74) is 2.95. The molecule has 1 aromatic heterocycles. The van der Waals surface area contributed by atoms with Crippen LogP contribution in [-0.4, -0.2) is 23.2 Å². The summed E-state index contributed by atoms with van der Waals surface area (Å²) in [5, 5.41) is 12.0. The zero-order chi connectivity index (χ0) is 19.2. The van der Waals surface area contributed by atoms with Crippen LogP contribution >= 0.6 is 22.9 Å². The van der Waals surface area contributed by atoms with Gasteiger partial charge in [-0.25, -0.2) is 0 Å². The molecule has 2 aromatic carbocycles. The molecule has 1 heterocycles. The molecular weight excluding hydrogens is 382 g/mol. The van der Waals surface area contributed by atoms with Crippen molar-refractivity contribution in [2.75, 3.05) is 7.11 Å². The summed E-state index contributed by atoms with van der Waals surface area (Å²) < 4.78 is 5.26. The molecule has 27 heavy (non-hydrogen) atoms. The van der Waals surface area contributed by atoms with E-state index in [1.54, 1.807) is 13.2 Å². The number of aromatic nitrogens is 2. The van der Waals surface area contributed by atoms with Gasteiger partial charge in [-0.2, -0.15) is 0 Å². The fourth-order valence-electron chi connectivity index (χ4n) is 2.46. The number of carbonyl (C=O) groups excluding carboxylic acids is 1. The number of hydrogen-bond acceptors (Lipinski definition) is 5. The normalized spacial score (nSPS) is 11.3. The van der Waals surface area contributed by atoms with E-state index in [-0.39, 0.29) is 10.9 Å². The van der Waals surface area contributed by atoms with Crippen molar-refractivity contribution in [1.29, 1.82) is 0 Å². The monoisotopic (exact) mass is 399 g/mol. The number of aryl methyl sites for hydroxylation is 1. The number of hydrogen-bond donors (Lipinski definition) is 1. The van der Waals surface area contributed by atoms with E-state index in [4.69, 9.17) is 16.3 Å². The van der Waals surface area contributed by atoms with Crippen LogP contribution in [0.1, 0.15) is 31.5 Å². The van der Waals surface area contributed by atoms with E-state index < -0.39 is 0 Å². The lowest BCUT2D eigenvalue weighted by molar-refractivity contribution is 0.0950. The number of nitrogens with one attached hydrogen (secondary N) is 1. The second kappa shape index (κ2) is 8.79. The first-order valence-electron chi connectivity index (χ1n) is 8.24. The van der Waals surface area contributed by atoms with Gasteiger partial charge in [0.05, 0.1) is 12.1 Å². The molecule has 1 N–H and O–H groups in total. The van der Waals surface area contributed by atoms with Gasteiger partial charge in [0.25, 0.3) is 5.91 Å². The number of methoxy groups -OCH3 is 1. The summed E-state index contributed by atoms with van der Waals surface area (Å²) in [4.78, 5) is 12.2. The first-order chi connectivity index (χ1) is 13.1. The lowest BCUT2D eigenvalue weighted by atomic mass is 10.1. The third-order valence-corrected chi connectivity index (χ3v) is 5.19. The van der Waals surface area contributed by atoms with Gasteiger partial charge >= 0.3 is 0 Å². The second-order valence-corrected chi connectivity index (χ2v) is 7.19. The van der Waals surface area contributed by atoms with Crippen molar-refractivity contribution < 1.29 is 9.53 Å². The highest BCUT2D eigenvalue weighted by Crippen LogP contribution is 2.27. The molecule has 0 atom stereocenters. The van der Waals surface area contributed by atoms with Gasteiger partial charge in [0.15, 0.2) is 5.01 Å². The van der Waals surface area contributed by atoms with E-state index in [1.807, 2.05) is 55.5 Å². The molecule has 0 aliphatic carbocycles. The number of nitrogens with zero attached hydrogens (tertiary/aromatic N) is 2. The predicted molar refractivity (Wildman–Crippen MR) is 109 cm³/mol. The van der Waals surface area contributed by atoms with Crippen LogP contribution < -0.4 is 10.1 Å². The molecule has 3 rings (SSSR count). The largest absolute Gasteiger partial charge is 0.496 e. The van der Waals surface area contributed by atoms with Gasteiger partial charge in [0.1, 0.15) is 5.75 Å².